The second kappa shape index (κ2) is 5.10. The molecule has 0 aromatic rings. The summed E-state index contributed by atoms with van der Waals surface area (Å²) < 4.78 is 0. The quantitative estimate of drug-likeness (QED) is 0.765. The third-order valence-corrected chi connectivity index (χ3v) is 5.99. The van der Waals surface area contributed by atoms with E-state index in [1.807, 2.05) is 14.1 Å². The molecule has 0 rings (SSSR count). The van der Waals surface area contributed by atoms with E-state index in [0.29, 0.717) is 0 Å². The molecule has 0 heterocycles. The van der Waals surface area contributed by atoms with Crippen LogP contribution < -0.4 is 10.6 Å². The highest BCUT2D eigenvalue weighted by Gasteiger charge is 2.49. The predicted molar refractivity (Wildman–Crippen MR) is 82.2 cm³/mol. The Kier molecular flexibility index (Phi) is 5.07. The van der Waals surface area contributed by atoms with Crippen molar-refractivity contribution in [3.05, 3.63) is 0 Å². The van der Waals surface area contributed by atoms with Crippen molar-refractivity contribution >= 4 is 0 Å². The Bertz CT molecular complexity index is 249. The lowest BCUT2D eigenvalue weighted by Crippen LogP contribution is -2.72. The molecule has 0 spiro atoms. The molecule has 0 aromatic heterocycles. The number of nitrogens with zero attached hydrogens (tertiary/aromatic N) is 1. The average molecular weight is 257 g/mol. The third-order valence-electron chi connectivity index (χ3n) is 5.99. The molecule has 0 aliphatic carbocycles. The molecule has 3 heteroatoms. The zero-order chi connectivity index (χ0) is 15.0. The standard InChI is InChI=1S/C15H35N3/c1-12(2,16-9)14(5,6)18(11)15(7,8)13(3,4)17-10/h16-17H,1-11H3. The smallest absolute Gasteiger partial charge is 0.0332 e. The van der Waals surface area contributed by atoms with Gasteiger partial charge in [0.15, 0.2) is 0 Å². The van der Waals surface area contributed by atoms with Gasteiger partial charge in [-0.05, 0) is 76.5 Å². The summed E-state index contributed by atoms with van der Waals surface area (Å²) in [4.78, 5) is 2.48. The molecule has 110 valence electrons. The van der Waals surface area contributed by atoms with Crippen LogP contribution in [0.1, 0.15) is 55.4 Å². The molecule has 0 radical (unpaired) electrons. The van der Waals surface area contributed by atoms with E-state index in [9.17, 15) is 0 Å². The maximum atomic E-state index is 3.44. The van der Waals surface area contributed by atoms with E-state index in [2.05, 4.69) is 78.0 Å². The molecule has 0 saturated carbocycles. The van der Waals surface area contributed by atoms with Gasteiger partial charge in [0.05, 0.1) is 0 Å². The Morgan fingerprint density at radius 1 is 0.611 bits per heavy atom. The highest BCUT2D eigenvalue weighted by Crippen LogP contribution is 2.37. The minimum absolute atomic E-state index is 0.0272. The van der Waals surface area contributed by atoms with Crippen LogP contribution in [0.5, 0.6) is 0 Å². The van der Waals surface area contributed by atoms with Gasteiger partial charge in [0, 0.05) is 22.2 Å². The first-order valence-corrected chi connectivity index (χ1v) is 6.89. The maximum Gasteiger partial charge on any atom is 0.0332 e. The minimum Gasteiger partial charge on any atom is -0.313 e. The fourth-order valence-electron chi connectivity index (χ4n) is 2.15. The van der Waals surface area contributed by atoms with E-state index >= 15 is 0 Å². The molecule has 0 aliphatic heterocycles. The van der Waals surface area contributed by atoms with Crippen molar-refractivity contribution in [2.75, 3.05) is 21.1 Å². The Hall–Kier alpha value is -0.120. The maximum absolute atomic E-state index is 3.44. The summed E-state index contributed by atoms with van der Waals surface area (Å²) in [6.45, 7) is 18.2. The molecule has 3 nitrogen and oxygen atoms in total. The first-order valence-electron chi connectivity index (χ1n) is 6.89. The molecule has 2 N–H and O–H groups in total. The van der Waals surface area contributed by atoms with Crippen molar-refractivity contribution in [2.45, 2.75) is 77.5 Å². The van der Waals surface area contributed by atoms with E-state index in [1.165, 1.54) is 0 Å². The normalized spacial score (nSPS) is 15.3. The van der Waals surface area contributed by atoms with Gasteiger partial charge in [-0.15, -0.1) is 0 Å². The summed E-state index contributed by atoms with van der Waals surface area (Å²) in [7, 11) is 6.29. The van der Waals surface area contributed by atoms with Gasteiger partial charge < -0.3 is 10.6 Å². The third kappa shape index (κ3) is 2.73. The summed E-state index contributed by atoms with van der Waals surface area (Å²) >= 11 is 0. The van der Waals surface area contributed by atoms with Crippen LogP contribution in [0.15, 0.2) is 0 Å². The van der Waals surface area contributed by atoms with Crippen molar-refractivity contribution in [3.8, 4) is 0 Å². The second-order valence-electron chi connectivity index (χ2n) is 7.43. The minimum atomic E-state index is 0.0272. The lowest BCUT2D eigenvalue weighted by atomic mass is 9.73. The van der Waals surface area contributed by atoms with Crippen molar-refractivity contribution in [1.82, 2.24) is 15.5 Å². The zero-order valence-electron chi connectivity index (χ0n) is 14.4. The summed E-state index contributed by atoms with van der Waals surface area (Å²) in [6.07, 6.45) is 0. The largest absolute Gasteiger partial charge is 0.313 e. The van der Waals surface area contributed by atoms with Gasteiger partial charge in [0.25, 0.3) is 0 Å². The average Bonchev–Trinajstić information content (AvgIpc) is 2.27. The highest BCUT2D eigenvalue weighted by molar-refractivity contribution is 5.09. The predicted octanol–water partition coefficient (Wildman–Crippen LogP) is 2.47. The van der Waals surface area contributed by atoms with Crippen LogP contribution >= 0.6 is 0 Å². The molecule has 0 aliphatic rings. The molecule has 0 fully saturated rings. The Morgan fingerprint density at radius 2 is 0.833 bits per heavy atom. The van der Waals surface area contributed by atoms with Gasteiger partial charge in [-0.25, -0.2) is 0 Å². The summed E-state index contributed by atoms with van der Waals surface area (Å²) in [5.41, 5.74) is 0.115. The van der Waals surface area contributed by atoms with E-state index < -0.39 is 0 Å². The number of likely N-dealkylation sites (N-methyl/N-ethyl adjacent to an activating group) is 3. The molecular formula is C15H35N3. The van der Waals surface area contributed by atoms with E-state index in [1.54, 1.807) is 0 Å². The lowest BCUT2D eigenvalue weighted by Gasteiger charge is -2.58. The first kappa shape index (κ1) is 17.9. The van der Waals surface area contributed by atoms with Gasteiger partial charge in [-0.1, -0.05) is 0 Å². The van der Waals surface area contributed by atoms with Crippen LogP contribution in [0.2, 0.25) is 0 Å². The Balaban J connectivity index is 5.46. The molecular weight excluding hydrogens is 222 g/mol. The number of hydrogen-bond acceptors (Lipinski definition) is 3. The van der Waals surface area contributed by atoms with Crippen molar-refractivity contribution < 1.29 is 0 Å². The summed E-state index contributed by atoms with van der Waals surface area (Å²) in [5.74, 6) is 0. The second-order valence-corrected chi connectivity index (χ2v) is 7.43. The monoisotopic (exact) mass is 257 g/mol. The fourth-order valence-corrected chi connectivity index (χ4v) is 2.15. The van der Waals surface area contributed by atoms with E-state index in [-0.39, 0.29) is 22.2 Å². The van der Waals surface area contributed by atoms with Gasteiger partial charge in [0.1, 0.15) is 0 Å². The molecule has 0 aromatic carbocycles. The van der Waals surface area contributed by atoms with Crippen molar-refractivity contribution in [3.63, 3.8) is 0 Å². The molecule has 0 unspecified atom stereocenters. The topological polar surface area (TPSA) is 27.3 Å². The van der Waals surface area contributed by atoms with Crippen molar-refractivity contribution in [2.24, 2.45) is 0 Å². The van der Waals surface area contributed by atoms with Crippen LogP contribution in [0.4, 0.5) is 0 Å². The van der Waals surface area contributed by atoms with Gasteiger partial charge in [0.2, 0.25) is 0 Å². The van der Waals surface area contributed by atoms with Crippen LogP contribution in [-0.4, -0.2) is 48.2 Å². The number of hydrogen-bond donors (Lipinski definition) is 2. The Morgan fingerprint density at radius 3 is 1.00 bits per heavy atom. The zero-order valence-corrected chi connectivity index (χ0v) is 14.4. The van der Waals surface area contributed by atoms with Crippen LogP contribution in [-0.2, 0) is 0 Å². The van der Waals surface area contributed by atoms with Crippen molar-refractivity contribution in [1.29, 1.82) is 0 Å². The SMILES string of the molecule is CNC(C)(C)C(C)(C)N(C)C(C)(C)C(C)(C)NC. The van der Waals surface area contributed by atoms with Gasteiger partial charge in [-0.2, -0.15) is 0 Å². The summed E-state index contributed by atoms with van der Waals surface area (Å²) in [5, 5.41) is 6.88. The van der Waals surface area contributed by atoms with Crippen LogP contribution in [0.25, 0.3) is 0 Å². The molecule has 0 bridgehead atoms. The molecule has 0 amide bonds. The Labute approximate surface area is 115 Å². The fraction of sp³-hybridized carbons (Fsp3) is 1.00. The first-order chi connectivity index (χ1) is 7.78. The molecule has 0 saturated heterocycles. The summed E-state index contributed by atoms with van der Waals surface area (Å²) in [6, 6.07) is 0. The highest BCUT2D eigenvalue weighted by atomic mass is 15.3. The molecule has 0 atom stereocenters. The lowest BCUT2D eigenvalue weighted by molar-refractivity contribution is -0.0458. The number of rotatable bonds is 6. The van der Waals surface area contributed by atoms with Gasteiger partial charge in [-0.3, -0.25) is 4.90 Å². The van der Waals surface area contributed by atoms with Crippen LogP contribution in [0, 0.1) is 0 Å². The molecule has 18 heavy (non-hydrogen) atoms. The van der Waals surface area contributed by atoms with E-state index in [4.69, 9.17) is 0 Å². The number of nitrogens with one attached hydrogen (secondary N) is 2. The van der Waals surface area contributed by atoms with Crippen LogP contribution in [0.3, 0.4) is 0 Å². The van der Waals surface area contributed by atoms with E-state index in [0.717, 1.165) is 0 Å². The van der Waals surface area contributed by atoms with Gasteiger partial charge >= 0.3 is 0 Å².